The first-order valence-electron chi connectivity index (χ1n) is 15.0. The van der Waals surface area contributed by atoms with E-state index in [0.717, 1.165) is 105 Å². The van der Waals surface area contributed by atoms with Gasteiger partial charge >= 0.3 is 0 Å². The van der Waals surface area contributed by atoms with Gasteiger partial charge < -0.3 is 30.4 Å². The van der Waals surface area contributed by atoms with Gasteiger partial charge in [0.05, 0.1) is 35.8 Å². The van der Waals surface area contributed by atoms with Crippen LogP contribution in [0.1, 0.15) is 62.8 Å². The van der Waals surface area contributed by atoms with E-state index in [4.69, 9.17) is 30.4 Å². The molecule has 0 unspecified atom stereocenters. The van der Waals surface area contributed by atoms with Gasteiger partial charge in [0.15, 0.2) is 0 Å². The van der Waals surface area contributed by atoms with Crippen molar-refractivity contribution in [3.63, 3.8) is 0 Å². The van der Waals surface area contributed by atoms with Gasteiger partial charge in [-0.2, -0.15) is 0 Å². The second kappa shape index (κ2) is 14.5. The number of nitrogens with zero attached hydrogens (tertiary/aromatic N) is 4. The molecule has 4 N–H and O–H groups in total. The summed E-state index contributed by atoms with van der Waals surface area (Å²) in [5.41, 5.74) is 14.9. The van der Waals surface area contributed by atoms with Crippen LogP contribution in [0.5, 0.6) is 11.5 Å². The molecule has 0 atom stereocenters. The predicted molar refractivity (Wildman–Crippen MR) is 180 cm³/mol. The number of hydrogen-bond acceptors (Lipinski definition) is 10. The maximum Gasteiger partial charge on any atom is 0.220 e. The molecule has 6 rings (SSSR count). The summed E-state index contributed by atoms with van der Waals surface area (Å²) in [6.07, 6.45) is 9.20. The van der Waals surface area contributed by atoms with E-state index in [2.05, 4.69) is 51.8 Å². The van der Waals surface area contributed by atoms with Gasteiger partial charge in [-0.1, -0.05) is 31.9 Å². The number of benzene rings is 2. The molecule has 0 amide bonds. The van der Waals surface area contributed by atoms with E-state index in [9.17, 15) is 0 Å². The Hall–Kier alpha value is -2.80. The third kappa shape index (κ3) is 7.88. The first-order chi connectivity index (χ1) is 21.1. The molecule has 0 spiro atoms. The number of rotatable bonds is 6. The summed E-state index contributed by atoms with van der Waals surface area (Å²) in [6.45, 7) is 3.86. The molecule has 0 bridgehead atoms. The molecule has 44 heavy (non-hydrogen) atoms. The molecular weight excluding hydrogens is 692 g/mol. The molecule has 0 radical (unpaired) electrons. The number of hydrogen-bond donors (Lipinski definition) is 2. The number of nitrogen functional groups attached to an aromatic ring is 2. The Morgan fingerprint density at radius 3 is 1.25 bits per heavy atom. The smallest absolute Gasteiger partial charge is 0.220 e. The van der Waals surface area contributed by atoms with Crippen molar-refractivity contribution < 1.29 is 18.9 Å². The Labute approximate surface area is 274 Å². The zero-order chi connectivity index (χ0) is 31.4. The SMILES string of the molecule is COC1CCC(Oc2cc(Br)cc3c(C)nc(N)nc23)CC1.COC1CCC(Oc2cc(Br)cc3c(C)nc(N)nc23)CC1. The normalized spacial score (nSPS) is 22.0. The molecule has 2 fully saturated rings. The number of ether oxygens (including phenoxy) is 4. The van der Waals surface area contributed by atoms with Crippen LogP contribution in [-0.4, -0.2) is 58.6 Å². The van der Waals surface area contributed by atoms with Crippen molar-refractivity contribution in [2.75, 3.05) is 25.7 Å². The Morgan fingerprint density at radius 1 is 0.568 bits per heavy atom. The van der Waals surface area contributed by atoms with Gasteiger partial charge in [-0.3, -0.25) is 0 Å². The van der Waals surface area contributed by atoms with Crippen LogP contribution in [0.15, 0.2) is 33.2 Å². The second-order valence-corrected chi connectivity index (χ2v) is 13.3. The quantitative estimate of drug-likeness (QED) is 0.209. The number of aromatic nitrogens is 4. The number of halogens is 2. The van der Waals surface area contributed by atoms with E-state index < -0.39 is 0 Å². The predicted octanol–water partition coefficient (Wildman–Crippen LogP) is 7.24. The summed E-state index contributed by atoms with van der Waals surface area (Å²) < 4.78 is 25.2. The Bertz CT molecular complexity index is 1490. The van der Waals surface area contributed by atoms with E-state index in [1.807, 2.05) is 38.1 Å². The molecule has 2 saturated carbocycles. The van der Waals surface area contributed by atoms with Gasteiger partial charge in [-0.15, -0.1) is 0 Å². The first-order valence-corrected chi connectivity index (χ1v) is 16.6. The van der Waals surface area contributed by atoms with E-state index in [1.54, 1.807) is 14.2 Å². The van der Waals surface area contributed by atoms with Crippen LogP contribution >= 0.6 is 31.9 Å². The van der Waals surface area contributed by atoms with Crippen LogP contribution < -0.4 is 20.9 Å². The highest BCUT2D eigenvalue weighted by Gasteiger charge is 2.24. The van der Waals surface area contributed by atoms with Crippen molar-refractivity contribution in [2.45, 2.75) is 89.6 Å². The molecule has 4 aromatic rings. The van der Waals surface area contributed by atoms with Gasteiger partial charge in [0.2, 0.25) is 11.9 Å². The van der Waals surface area contributed by atoms with Crippen LogP contribution in [0.2, 0.25) is 0 Å². The minimum absolute atomic E-state index is 0.195. The molecule has 2 aliphatic carbocycles. The van der Waals surface area contributed by atoms with Gasteiger partial charge in [0.1, 0.15) is 22.5 Å². The van der Waals surface area contributed by atoms with Crippen LogP contribution in [-0.2, 0) is 9.47 Å². The van der Waals surface area contributed by atoms with E-state index in [0.29, 0.717) is 12.2 Å². The largest absolute Gasteiger partial charge is 0.488 e. The van der Waals surface area contributed by atoms with Crippen molar-refractivity contribution in [3.05, 3.63) is 44.6 Å². The zero-order valence-corrected chi connectivity index (χ0v) is 28.8. The van der Waals surface area contributed by atoms with Crippen molar-refractivity contribution in [1.82, 2.24) is 19.9 Å². The van der Waals surface area contributed by atoms with Crippen LogP contribution in [0.4, 0.5) is 11.9 Å². The Kier molecular flexibility index (Phi) is 10.8. The lowest BCUT2D eigenvalue weighted by Crippen LogP contribution is -2.27. The molecular formula is C32H40Br2N6O4. The summed E-state index contributed by atoms with van der Waals surface area (Å²) in [4.78, 5) is 17.2. The fourth-order valence-corrected chi connectivity index (χ4v) is 6.86. The first kappa shape index (κ1) is 32.6. The standard InChI is InChI=1S/2C16H20BrN3O2/c2*1-9-13-7-10(17)8-14(15(13)20-16(18)19-9)22-12-5-3-11(21-2)4-6-12/h2*7-8,11-12H,3-6H2,1-2H3,(H2,18,19,20). The summed E-state index contributed by atoms with van der Waals surface area (Å²) in [5, 5.41) is 1.92. The van der Waals surface area contributed by atoms with E-state index >= 15 is 0 Å². The fraction of sp³-hybridized carbons (Fsp3) is 0.500. The summed E-state index contributed by atoms with van der Waals surface area (Å²) in [6, 6.07) is 7.91. The van der Waals surface area contributed by atoms with Crippen molar-refractivity contribution in [2.24, 2.45) is 0 Å². The lowest BCUT2D eigenvalue weighted by atomic mass is 9.95. The van der Waals surface area contributed by atoms with Gasteiger partial charge in [0.25, 0.3) is 0 Å². The fourth-order valence-electron chi connectivity index (χ4n) is 5.98. The number of anilines is 2. The molecule has 2 heterocycles. The average molecular weight is 733 g/mol. The van der Waals surface area contributed by atoms with Gasteiger partial charge in [-0.05, 0) is 89.5 Å². The molecule has 2 aromatic carbocycles. The number of methoxy groups -OCH3 is 2. The molecule has 10 nitrogen and oxygen atoms in total. The molecule has 12 heteroatoms. The zero-order valence-electron chi connectivity index (χ0n) is 25.6. The maximum atomic E-state index is 6.22. The maximum absolute atomic E-state index is 6.22. The van der Waals surface area contributed by atoms with Crippen LogP contribution in [0, 0.1) is 13.8 Å². The lowest BCUT2D eigenvalue weighted by Gasteiger charge is -2.28. The minimum atomic E-state index is 0.195. The third-order valence-electron chi connectivity index (χ3n) is 8.37. The van der Waals surface area contributed by atoms with Gasteiger partial charge in [0, 0.05) is 33.9 Å². The van der Waals surface area contributed by atoms with Crippen molar-refractivity contribution >= 4 is 65.6 Å². The van der Waals surface area contributed by atoms with E-state index in [-0.39, 0.29) is 24.1 Å². The number of fused-ring (bicyclic) bond motifs is 2. The summed E-state index contributed by atoms with van der Waals surface area (Å²) in [7, 11) is 3.55. The van der Waals surface area contributed by atoms with Crippen molar-refractivity contribution in [1.29, 1.82) is 0 Å². The monoisotopic (exact) mass is 730 g/mol. The molecule has 2 aliphatic rings. The summed E-state index contributed by atoms with van der Waals surface area (Å²) in [5.74, 6) is 2.09. The Morgan fingerprint density at radius 2 is 0.909 bits per heavy atom. The molecule has 0 saturated heterocycles. The second-order valence-electron chi connectivity index (χ2n) is 11.4. The average Bonchev–Trinajstić information content (AvgIpc) is 2.99. The molecule has 236 valence electrons. The summed E-state index contributed by atoms with van der Waals surface area (Å²) >= 11 is 7.07. The highest BCUT2D eigenvalue weighted by molar-refractivity contribution is 9.10. The molecule has 2 aromatic heterocycles. The third-order valence-corrected chi connectivity index (χ3v) is 9.29. The van der Waals surface area contributed by atoms with E-state index in [1.165, 1.54) is 0 Å². The molecule has 0 aliphatic heterocycles. The van der Waals surface area contributed by atoms with Crippen LogP contribution in [0.25, 0.3) is 21.8 Å². The topological polar surface area (TPSA) is 141 Å². The highest BCUT2D eigenvalue weighted by Crippen LogP contribution is 2.35. The van der Waals surface area contributed by atoms with Crippen molar-refractivity contribution in [3.8, 4) is 11.5 Å². The minimum Gasteiger partial charge on any atom is -0.488 e. The van der Waals surface area contributed by atoms with Gasteiger partial charge in [-0.25, -0.2) is 19.9 Å². The lowest BCUT2D eigenvalue weighted by molar-refractivity contribution is 0.0331. The number of nitrogens with two attached hydrogens (primary N) is 2. The highest BCUT2D eigenvalue weighted by atomic mass is 79.9. The Balaban J connectivity index is 0.000000175. The van der Waals surface area contributed by atoms with Crippen LogP contribution in [0.3, 0.4) is 0 Å². The number of aryl methyl sites for hydroxylation is 2.